The summed E-state index contributed by atoms with van der Waals surface area (Å²) in [6, 6.07) is 7.20. The van der Waals surface area contributed by atoms with Gasteiger partial charge in [0.15, 0.2) is 11.4 Å². The molecule has 8 aliphatic carbocycles. The van der Waals surface area contributed by atoms with Gasteiger partial charge in [0.1, 0.15) is 11.2 Å². The van der Waals surface area contributed by atoms with Gasteiger partial charge < -0.3 is 25.2 Å². The Morgan fingerprint density at radius 3 is 2.51 bits per heavy atom. The molecular weight excluding hydrogens is 831 g/mol. The van der Waals surface area contributed by atoms with Gasteiger partial charge in [0.25, 0.3) is 0 Å². The number of benzene rings is 1. The molecule has 14 bridgehead atoms. The Bertz CT molecular complexity index is 2490. The van der Waals surface area contributed by atoms with Crippen LogP contribution in [0.15, 0.2) is 63.8 Å². The number of allylic oxidation sites excluding steroid dienone is 4. The van der Waals surface area contributed by atoms with Crippen molar-refractivity contribution in [3.63, 3.8) is 0 Å². The third-order valence-corrected chi connectivity index (χ3v) is 23.3. The molecule has 4 spiro atoms. The third-order valence-electron chi connectivity index (χ3n) is 23.3. The summed E-state index contributed by atoms with van der Waals surface area (Å²) in [4.78, 5) is 37.6. The van der Waals surface area contributed by atoms with Crippen LogP contribution < -0.4 is 5.73 Å². The Hall–Kier alpha value is -3.36. The van der Waals surface area contributed by atoms with Crippen LogP contribution in [0.2, 0.25) is 0 Å². The van der Waals surface area contributed by atoms with E-state index in [0.29, 0.717) is 84.6 Å². The van der Waals surface area contributed by atoms with Crippen molar-refractivity contribution in [3.05, 3.63) is 80.5 Å². The maximum absolute atomic E-state index is 16.5. The summed E-state index contributed by atoms with van der Waals surface area (Å²) in [7, 11) is 0. The molecule has 9 aliphatic heterocycles. The van der Waals surface area contributed by atoms with E-state index in [1.807, 2.05) is 0 Å². The van der Waals surface area contributed by atoms with Gasteiger partial charge in [0.05, 0.1) is 11.0 Å². The minimum atomic E-state index is -1.12. The summed E-state index contributed by atoms with van der Waals surface area (Å²) < 4.78 is 14.6. The van der Waals surface area contributed by atoms with E-state index in [9.17, 15) is 5.11 Å². The first-order valence-corrected chi connectivity index (χ1v) is 28.1. The molecule has 4 saturated carbocycles. The first kappa shape index (κ1) is 41.4. The first-order chi connectivity index (χ1) is 32.7. The van der Waals surface area contributed by atoms with E-state index in [2.05, 4.69) is 41.0 Å². The van der Waals surface area contributed by atoms with Crippen LogP contribution in [-0.2, 0) is 26.3 Å². The SMILES string of the molecule is C[C@H]1CC2=C3[C@H]4C5=C6[C@@H]7C[C@@]41CCC7=C[C@@H](C1CCCCC1)C[C@H]1[C@]64C(=O)O/C(=C(/O)C[C@@H](C6CCCCC6)N6C[C@H]7C[C@@H](C6)[C@@H](CC2)N3C7)[C@@]4(CC5)[C@]12OC(=O)c1c(CCCN)cccc12. The fourth-order valence-corrected chi connectivity index (χ4v) is 21.1. The van der Waals surface area contributed by atoms with E-state index in [-0.39, 0.29) is 41.0 Å². The van der Waals surface area contributed by atoms with Crippen LogP contribution in [-0.4, -0.2) is 65.1 Å². The lowest BCUT2D eigenvalue weighted by atomic mass is 9.26. The molecule has 3 N–H and O–H groups in total. The molecular formula is C59H75N3O5. The van der Waals surface area contributed by atoms with Gasteiger partial charge in [-0.25, -0.2) is 4.79 Å². The van der Waals surface area contributed by atoms with Crippen LogP contribution in [0.25, 0.3) is 0 Å². The highest BCUT2D eigenvalue weighted by molar-refractivity contribution is 6.00. The zero-order valence-corrected chi connectivity index (χ0v) is 40.3. The zero-order chi connectivity index (χ0) is 44.8. The number of hydrogen-bond acceptors (Lipinski definition) is 8. The minimum absolute atomic E-state index is 0.134. The van der Waals surface area contributed by atoms with E-state index in [1.54, 1.807) is 22.4 Å². The van der Waals surface area contributed by atoms with Gasteiger partial charge in [-0.3, -0.25) is 9.69 Å². The Morgan fingerprint density at radius 1 is 0.866 bits per heavy atom. The van der Waals surface area contributed by atoms with Gasteiger partial charge in [-0.2, -0.15) is 0 Å². The molecule has 17 aliphatic rings. The van der Waals surface area contributed by atoms with Crippen LogP contribution in [0, 0.1) is 69.5 Å². The molecule has 0 aromatic heterocycles. The highest BCUT2D eigenvalue weighted by atomic mass is 16.6. The first-order valence-electron chi connectivity index (χ1n) is 28.1. The molecule has 8 heteroatoms. The number of nitrogens with two attached hydrogens (primary N) is 1. The summed E-state index contributed by atoms with van der Waals surface area (Å²) in [6.07, 6.45) is 28.1. The van der Waals surface area contributed by atoms with E-state index < -0.39 is 16.4 Å². The topological polar surface area (TPSA) is 105 Å². The number of aliphatic hydroxyl groups is 1. The number of esters is 2. The number of aliphatic hydroxyl groups excluding tert-OH is 1. The van der Waals surface area contributed by atoms with Crippen molar-refractivity contribution >= 4 is 11.9 Å². The van der Waals surface area contributed by atoms with Crippen LogP contribution in [0.1, 0.15) is 170 Å². The molecule has 0 amide bonds. The van der Waals surface area contributed by atoms with Crippen molar-refractivity contribution in [2.24, 2.45) is 75.2 Å². The van der Waals surface area contributed by atoms with Crippen LogP contribution >= 0.6 is 0 Å². The summed E-state index contributed by atoms with van der Waals surface area (Å²) in [5.74, 6) is 3.76. The molecule has 14 atom stereocenters. The average Bonchev–Trinajstić information content (AvgIpc) is 3.80. The second-order valence-electron chi connectivity index (χ2n) is 25.5. The highest BCUT2D eigenvalue weighted by Crippen LogP contribution is 2.89. The highest BCUT2D eigenvalue weighted by Gasteiger charge is 2.94. The van der Waals surface area contributed by atoms with Gasteiger partial charge in [0.2, 0.25) is 0 Å². The fourth-order valence-electron chi connectivity index (χ4n) is 21.1. The number of hydrogen-bond donors (Lipinski definition) is 2. The van der Waals surface area contributed by atoms with Gasteiger partial charge in [-0.15, -0.1) is 0 Å². The second kappa shape index (κ2) is 14.4. The Labute approximate surface area is 398 Å². The molecule has 1 aromatic rings. The Balaban J connectivity index is 1.04. The minimum Gasteiger partial charge on any atom is -0.509 e. The van der Waals surface area contributed by atoms with Crippen molar-refractivity contribution in [1.29, 1.82) is 0 Å². The van der Waals surface area contributed by atoms with Gasteiger partial charge in [-0.05, 0) is 161 Å². The van der Waals surface area contributed by atoms with Gasteiger partial charge in [-0.1, -0.05) is 86.4 Å². The fraction of sp³-hybridized carbons (Fsp3) is 0.729. The quantitative estimate of drug-likeness (QED) is 0.222. The standard InChI is InChI=1S/C59H75N3O5/c1-33-24-39-17-18-45-41-25-34-30-61(32-41)46(36-12-6-3-7-13-36)28-47(63)53-57-22-20-42-50-43-29-56(33,51(42)52(39)62(45)31-34)21-19-38(43)26-40(35-10-4-2-5-11-35)27-48(58(50,57)55(65)66-53)59(57)44-16-8-14-37(15-9-23-60)49(44)54(64)67-59/h8,14,16,26,33-36,40-41,43,45-46,48,51,63H,2-7,9-13,15,17-25,27-32,60H2,1H3/b38-26?,53-47+/t33-,34+,40+,41-,43+,45+,46-,48-,51+,56+,57+,58+,59+/m0/s1. The van der Waals surface area contributed by atoms with Crippen molar-refractivity contribution < 1.29 is 24.2 Å². The lowest BCUT2D eigenvalue weighted by Gasteiger charge is -2.74. The molecule has 7 fully saturated rings. The normalized spacial score (nSPS) is 46.8. The van der Waals surface area contributed by atoms with Crippen molar-refractivity contribution in [2.75, 3.05) is 26.2 Å². The van der Waals surface area contributed by atoms with Gasteiger partial charge in [0, 0.05) is 67.2 Å². The van der Waals surface area contributed by atoms with Crippen LogP contribution in [0.3, 0.4) is 0 Å². The molecule has 1 aromatic carbocycles. The Kier molecular flexibility index (Phi) is 8.89. The predicted molar refractivity (Wildman–Crippen MR) is 256 cm³/mol. The lowest BCUT2D eigenvalue weighted by Crippen LogP contribution is -2.78. The maximum Gasteiger partial charge on any atom is 0.339 e. The number of rotatable bonds is 5. The van der Waals surface area contributed by atoms with Crippen LogP contribution in [0.5, 0.6) is 0 Å². The van der Waals surface area contributed by atoms with Crippen LogP contribution in [0.4, 0.5) is 0 Å². The number of nitrogens with zero attached hydrogens (tertiary/aromatic N) is 2. The lowest BCUT2D eigenvalue weighted by molar-refractivity contribution is -0.284. The molecule has 8 nitrogen and oxygen atoms in total. The third kappa shape index (κ3) is 4.95. The van der Waals surface area contributed by atoms with Crippen molar-refractivity contribution in [3.8, 4) is 0 Å². The number of ether oxygens (including phenoxy) is 2. The van der Waals surface area contributed by atoms with Gasteiger partial charge >= 0.3 is 11.9 Å². The molecule has 3 saturated heterocycles. The molecule has 1 unspecified atom stereocenters. The number of piperidine rings is 2. The Morgan fingerprint density at radius 2 is 1.69 bits per heavy atom. The summed E-state index contributed by atoms with van der Waals surface area (Å²) >= 11 is 0. The second-order valence-corrected chi connectivity index (χ2v) is 25.5. The smallest absolute Gasteiger partial charge is 0.339 e. The maximum atomic E-state index is 16.5. The van der Waals surface area contributed by atoms with E-state index >= 15 is 9.59 Å². The van der Waals surface area contributed by atoms with E-state index in [1.165, 1.54) is 102 Å². The largest absolute Gasteiger partial charge is 0.509 e. The predicted octanol–water partition coefficient (Wildman–Crippen LogP) is 11.0. The summed E-state index contributed by atoms with van der Waals surface area (Å²) in [5, 5.41) is 13.5. The number of carbonyl (C=O) groups is 2. The number of carbonyl (C=O) groups excluding carboxylic acids is 2. The molecule has 9 heterocycles. The number of aryl methyl sites for hydroxylation is 1. The zero-order valence-electron chi connectivity index (χ0n) is 40.3. The van der Waals surface area contributed by atoms with E-state index in [4.69, 9.17) is 15.2 Å². The molecule has 67 heavy (non-hydrogen) atoms. The molecule has 0 radical (unpaired) electrons. The molecule has 356 valence electrons. The van der Waals surface area contributed by atoms with E-state index in [0.717, 1.165) is 62.9 Å². The van der Waals surface area contributed by atoms with Crippen molar-refractivity contribution in [1.82, 2.24) is 9.80 Å². The number of fused-ring (bicyclic) bond motifs is 3. The summed E-state index contributed by atoms with van der Waals surface area (Å²) in [6.45, 7) is 6.52. The van der Waals surface area contributed by atoms with Crippen molar-refractivity contribution in [2.45, 2.75) is 172 Å². The monoisotopic (exact) mass is 906 g/mol. The molecule has 18 rings (SSSR count). The summed E-state index contributed by atoms with van der Waals surface area (Å²) in [5.41, 5.74) is 13.9. The average molecular weight is 906 g/mol.